The smallest absolute Gasteiger partial charge is 0.309 e. The summed E-state index contributed by atoms with van der Waals surface area (Å²) < 4.78 is 54.3. The molecular formula is C41H68INO14. The normalized spacial score (nSPS) is 44.0. The molecule has 17 atom stereocenters. The van der Waals surface area contributed by atoms with Crippen molar-refractivity contribution in [1.29, 1.82) is 0 Å². The number of rotatable bonds is 8. The van der Waals surface area contributed by atoms with E-state index < -0.39 is 101 Å². The van der Waals surface area contributed by atoms with Gasteiger partial charge in [0.2, 0.25) is 0 Å². The maximum Gasteiger partial charge on any atom is 0.309 e. The molecule has 0 aliphatic carbocycles. The van der Waals surface area contributed by atoms with E-state index in [1.807, 2.05) is 26.8 Å². The quantitative estimate of drug-likeness (QED) is 0.184. The monoisotopic (exact) mass is 925 g/mol. The molecule has 0 radical (unpaired) electrons. The zero-order valence-electron chi connectivity index (χ0n) is 35.1. The highest BCUT2D eigenvalue weighted by molar-refractivity contribution is 14.1. The van der Waals surface area contributed by atoms with Gasteiger partial charge < -0.3 is 62.9 Å². The number of allylic oxidation sites excluding steroid dienone is 3. The Morgan fingerprint density at radius 3 is 2.21 bits per heavy atom. The van der Waals surface area contributed by atoms with E-state index in [0.29, 0.717) is 32.7 Å². The van der Waals surface area contributed by atoms with Gasteiger partial charge in [0, 0.05) is 51.8 Å². The Labute approximate surface area is 352 Å². The lowest BCUT2D eigenvalue weighted by atomic mass is 9.79. The van der Waals surface area contributed by atoms with E-state index in [1.165, 1.54) is 14.2 Å². The molecule has 3 N–H and O–H groups in total. The van der Waals surface area contributed by atoms with E-state index in [0.717, 1.165) is 18.4 Å². The number of fused-ring (bicyclic) bond motifs is 3. The molecule has 57 heavy (non-hydrogen) atoms. The van der Waals surface area contributed by atoms with Crippen LogP contribution in [-0.4, -0.2) is 164 Å². The molecule has 16 heteroatoms. The molecule has 15 nitrogen and oxygen atoms in total. The molecule has 0 spiro atoms. The van der Waals surface area contributed by atoms with E-state index in [4.69, 9.17) is 42.6 Å². The lowest BCUT2D eigenvalue weighted by molar-refractivity contribution is -0.305. The lowest BCUT2D eigenvalue weighted by Crippen LogP contribution is -2.63. The molecule has 0 amide bonds. The molecule has 3 saturated heterocycles. The van der Waals surface area contributed by atoms with Crippen LogP contribution in [0.25, 0.3) is 0 Å². The van der Waals surface area contributed by atoms with Crippen LogP contribution in [0, 0.1) is 23.7 Å². The average molecular weight is 926 g/mol. The number of carbonyl (C=O) groups is 2. The molecular weight excluding hydrogens is 857 g/mol. The number of cyclic esters (lactones) is 1. The minimum Gasteiger partial charge on any atom is -0.451 e. The first kappa shape index (κ1) is 48.5. The highest BCUT2D eigenvalue weighted by atomic mass is 127. The first-order valence-electron chi connectivity index (χ1n) is 20.3. The minimum atomic E-state index is -1.19. The molecule has 0 aromatic carbocycles. The molecule has 2 bridgehead atoms. The van der Waals surface area contributed by atoms with E-state index in [2.05, 4.69) is 22.6 Å². The Morgan fingerprint density at radius 2 is 1.53 bits per heavy atom. The van der Waals surface area contributed by atoms with Crippen molar-refractivity contribution in [2.45, 2.75) is 144 Å². The largest absolute Gasteiger partial charge is 0.451 e. The molecule has 328 valence electrons. The third kappa shape index (κ3) is 13.2. The summed E-state index contributed by atoms with van der Waals surface area (Å²) >= 11 is 2.08. The van der Waals surface area contributed by atoms with Gasteiger partial charge in [0.25, 0.3) is 0 Å². The van der Waals surface area contributed by atoms with Gasteiger partial charge in [0.15, 0.2) is 22.5 Å². The standard InChI is InChI=1S/C41H68INO14/c1-22-12-13-29(44)23(2)19-27-14-17-51-15-10-11-16-52-30(24(3)36(27)57-40-35(48)32(43(6)7)33(46)25(4)54-40)20-31(45)56-39(42)28(18-22)21-53-41-38(50-9)37(49-8)34(47)26(5)55-41/h12-13,18,23-28,30,32-41,46-48H,10-11,14-17,19-21H2,1-9H3/b13-12+,22-18+/t23-,24+,25?,26?,27+,28-,30-,32?,33-,34-,35?,36-,37?,38?,39+,40+,41?/m1/s1. The van der Waals surface area contributed by atoms with Gasteiger partial charge in [0.05, 0.1) is 49.6 Å². The van der Waals surface area contributed by atoms with Gasteiger partial charge in [-0.05, 0) is 95.1 Å². The number of carbonyl (C=O) groups excluding carboxylic acids is 2. The predicted molar refractivity (Wildman–Crippen MR) is 217 cm³/mol. The van der Waals surface area contributed by atoms with Crippen molar-refractivity contribution in [3.8, 4) is 0 Å². The van der Waals surface area contributed by atoms with Gasteiger partial charge in [-0.25, -0.2) is 0 Å². The maximum atomic E-state index is 14.0. The highest BCUT2D eigenvalue weighted by Crippen LogP contribution is 2.36. The summed E-state index contributed by atoms with van der Waals surface area (Å²) in [6.45, 7) is 10.6. The fourth-order valence-corrected chi connectivity index (χ4v) is 8.97. The van der Waals surface area contributed by atoms with Crippen molar-refractivity contribution in [3.63, 3.8) is 0 Å². The predicted octanol–water partition coefficient (Wildman–Crippen LogP) is 3.18. The summed E-state index contributed by atoms with van der Waals surface area (Å²) in [5.41, 5.74) is 0.763. The number of alkyl halides is 1. The molecule has 0 saturated carbocycles. The number of halogens is 1. The summed E-state index contributed by atoms with van der Waals surface area (Å²) in [6.07, 6.45) is -1.35. The number of hydrogen-bond donors (Lipinski definition) is 3. The number of esters is 1. The van der Waals surface area contributed by atoms with Crippen molar-refractivity contribution in [3.05, 3.63) is 23.8 Å². The van der Waals surface area contributed by atoms with Gasteiger partial charge in [0.1, 0.15) is 24.4 Å². The molecule has 4 aliphatic rings. The summed E-state index contributed by atoms with van der Waals surface area (Å²) in [5, 5.41) is 33.1. The van der Waals surface area contributed by atoms with Crippen LogP contribution in [0.15, 0.2) is 23.8 Å². The number of ketones is 1. The second-order valence-corrected chi connectivity index (χ2v) is 17.5. The van der Waals surface area contributed by atoms with Crippen molar-refractivity contribution in [1.82, 2.24) is 4.90 Å². The number of nitrogens with zero attached hydrogens (tertiary/aromatic N) is 1. The number of ether oxygens (including phenoxy) is 9. The number of likely N-dealkylation sites (N-methyl/N-ethyl adjacent to an activating group) is 1. The Kier molecular flexibility index (Phi) is 19.7. The van der Waals surface area contributed by atoms with E-state index >= 15 is 0 Å². The minimum absolute atomic E-state index is 0.0565. The van der Waals surface area contributed by atoms with Crippen molar-refractivity contribution in [2.24, 2.45) is 23.7 Å². The first-order valence-corrected chi connectivity index (χ1v) is 21.6. The fraction of sp³-hybridized carbons (Fsp3) is 0.854. The molecule has 4 aliphatic heterocycles. The van der Waals surface area contributed by atoms with Gasteiger partial charge in [-0.2, -0.15) is 0 Å². The number of aliphatic hydroxyl groups is 3. The Balaban J connectivity index is 1.68. The second-order valence-electron chi connectivity index (χ2n) is 16.3. The Morgan fingerprint density at radius 1 is 0.860 bits per heavy atom. The molecule has 7 unspecified atom stereocenters. The van der Waals surface area contributed by atoms with E-state index in [9.17, 15) is 24.9 Å². The van der Waals surface area contributed by atoms with Crippen LogP contribution in [0.5, 0.6) is 0 Å². The van der Waals surface area contributed by atoms with Gasteiger partial charge in [-0.15, -0.1) is 0 Å². The van der Waals surface area contributed by atoms with Crippen molar-refractivity contribution in [2.75, 3.05) is 54.7 Å². The Hall–Kier alpha value is -1.13. The molecule has 0 aromatic rings. The van der Waals surface area contributed by atoms with Crippen LogP contribution in [0.2, 0.25) is 0 Å². The Bertz CT molecular complexity index is 1320. The van der Waals surface area contributed by atoms with Crippen molar-refractivity contribution >= 4 is 34.3 Å². The summed E-state index contributed by atoms with van der Waals surface area (Å²) in [7, 11) is 6.56. The zero-order chi connectivity index (χ0) is 42.0. The van der Waals surface area contributed by atoms with E-state index in [-0.39, 0.29) is 24.7 Å². The zero-order valence-corrected chi connectivity index (χ0v) is 37.2. The third-order valence-electron chi connectivity index (χ3n) is 11.7. The van der Waals surface area contributed by atoms with E-state index in [1.54, 1.807) is 45.0 Å². The van der Waals surface area contributed by atoms with Gasteiger partial charge in [-0.1, -0.05) is 31.6 Å². The van der Waals surface area contributed by atoms with Crippen molar-refractivity contribution < 1.29 is 67.5 Å². The third-order valence-corrected chi connectivity index (χ3v) is 12.9. The fourth-order valence-electron chi connectivity index (χ4n) is 8.27. The van der Waals surface area contributed by atoms with Crippen LogP contribution in [-0.2, 0) is 52.2 Å². The number of aliphatic hydroxyl groups excluding tert-OH is 3. The van der Waals surface area contributed by atoms with Gasteiger partial charge in [-0.3, -0.25) is 9.59 Å². The lowest BCUT2D eigenvalue weighted by Gasteiger charge is -2.47. The molecule has 3 fully saturated rings. The second kappa shape index (κ2) is 23.2. The van der Waals surface area contributed by atoms with Crippen LogP contribution < -0.4 is 0 Å². The SMILES string of the molecule is COC1C(OC[C@H]2/C=C(C)/C=C/C(=O)[C@H](C)C[C@@H]3CCOCCCCO[C@H](CC(=O)O[C@@H]2I)[C@H](C)[C@H]3O[C@@H]2OC(C)[C@@H](O)C(N(C)C)C2O)OC(C)[C@@H](O)C1OC. The average Bonchev–Trinajstić information content (AvgIpc) is 3.16. The van der Waals surface area contributed by atoms with Crippen LogP contribution in [0.3, 0.4) is 0 Å². The molecule has 4 heterocycles. The van der Waals surface area contributed by atoms with Crippen LogP contribution >= 0.6 is 22.6 Å². The molecule has 0 aromatic heterocycles. The molecule has 4 rings (SSSR count). The highest BCUT2D eigenvalue weighted by Gasteiger charge is 2.48. The topological polar surface area (TPSA) is 181 Å². The van der Waals surface area contributed by atoms with Crippen LogP contribution in [0.1, 0.15) is 66.7 Å². The first-order chi connectivity index (χ1) is 27.1. The maximum absolute atomic E-state index is 14.0. The summed E-state index contributed by atoms with van der Waals surface area (Å²) in [5.74, 6) is -2.12. The number of hydrogen-bond acceptors (Lipinski definition) is 15. The summed E-state index contributed by atoms with van der Waals surface area (Å²) in [6, 6.07) is -0.657. The number of methoxy groups -OCH3 is 2. The summed E-state index contributed by atoms with van der Waals surface area (Å²) in [4.78, 5) is 29.5. The van der Waals surface area contributed by atoms with Crippen LogP contribution in [0.4, 0.5) is 0 Å². The van der Waals surface area contributed by atoms with Gasteiger partial charge >= 0.3 is 5.97 Å².